The molecule has 2 heteroatoms. The summed E-state index contributed by atoms with van der Waals surface area (Å²) in [5.41, 5.74) is 1.17. The third-order valence-electron chi connectivity index (χ3n) is 3.17. The predicted molar refractivity (Wildman–Crippen MR) is 56.9 cm³/mol. The van der Waals surface area contributed by atoms with Crippen molar-refractivity contribution < 1.29 is 9.90 Å². The molecule has 0 unspecified atom stereocenters. The van der Waals surface area contributed by atoms with Crippen molar-refractivity contribution in [3.63, 3.8) is 0 Å². The first-order valence-corrected chi connectivity index (χ1v) is 4.91. The third-order valence-corrected chi connectivity index (χ3v) is 3.17. The molecule has 1 aliphatic rings. The number of aliphatic hydroxyl groups is 1. The predicted octanol–water partition coefficient (Wildman–Crippen LogP) is 2.10. The molecule has 0 radical (unpaired) electrons. The lowest BCUT2D eigenvalue weighted by molar-refractivity contribution is -0.125. The highest BCUT2D eigenvalue weighted by molar-refractivity contribution is 6.00. The largest absolute Gasteiger partial charge is 0.392 e. The Morgan fingerprint density at radius 1 is 1.71 bits per heavy atom. The summed E-state index contributed by atoms with van der Waals surface area (Å²) in [5, 5.41) is 9.04. The maximum atomic E-state index is 11.9. The zero-order valence-corrected chi connectivity index (χ0v) is 9.13. The zero-order chi connectivity index (χ0) is 10.9. The van der Waals surface area contributed by atoms with Crippen molar-refractivity contribution in [2.24, 2.45) is 11.3 Å². The third kappa shape index (κ3) is 1.67. The van der Waals surface area contributed by atoms with Crippen LogP contribution in [0.25, 0.3) is 0 Å². The first-order chi connectivity index (χ1) is 6.41. The summed E-state index contributed by atoms with van der Waals surface area (Å²) in [5.74, 6) is 0.243. The minimum atomic E-state index is -0.418. The van der Waals surface area contributed by atoms with Crippen LogP contribution in [0.3, 0.4) is 0 Å². The number of carbonyl (C=O) groups excluding carboxylic acids is 1. The first-order valence-electron chi connectivity index (χ1n) is 4.91. The van der Waals surface area contributed by atoms with Crippen molar-refractivity contribution in [1.82, 2.24) is 0 Å². The number of hydrogen-bond donors (Lipinski definition) is 1. The molecule has 1 N–H and O–H groups in total. The molecule has 0 aromatic rings. The maximum absolute atomic E-state index is 11.9. The summed E-state index contributed by atoms with van der Waals surface area (Å²) in [6.45, 7) is 9.49. The Morgan fingerprint density at radius 3 is 2.79 bits per heavy atom. The molecule has 0 heterocycles. The van der Waals surface area contributed by atoms with Gasteiger partial charge < -0.3 is 5.11 Å². The number of aliphatic hydroxyl groups excluding tert-OH is 1. The van der Waals surface area contributed by atoms with E-state index in [0.29, 0.717) is 0 Å². The normalized spacial score (nSPS) is 25.9. The van der Waals surface area contributed by atoms with Gasteiger partial charge in [-0.15, -0.1) is 0 Å². The van der Waals surface area contributed by atoms with Gasteiger partial charge in [-0.1, -0.05) is 26.5 Å². The number of ketones is 1. The zero-order valence-electron chi connectivity index (χ0n) is 9.13. The van der Waals surface area contributed by atoms with Crippen molar-refractivity contribution in [3.8, 4) is 0 Å². The van der Waals surface area contributed by atoms with Crippen LogP contribution < -0.4 is 0 Å². The lowest BCUT2D eigenvalue weighted by Gasteiger charge is -2.37. The molecule has 1 rings (SSSR count). The average Bonchev–Trinajstić information content (AvgIpc) is 2.13. The van der Waals surface area contributed by atoms with Crippen LogP contribution >= 0.6 is 0 Å². The first kappa shape index (κ1) is 11.2. The minimum absolute atomic E-state index is 0.0335. The lowest BCUT2D eigenvalue weighted by Crippen LogP contribution is -2.37. The molecule has 0 bridgehead atoms. The van der Waals surface area contributed by atoms with Gasteiger partial charge in [0.05, 0.1) is 6.61 Å². The molecule has 78 valence electrons. The van der Waals surface area contributed by atoms with Gasteiger partial charge in [0.25, 0.3) is 0 Å². The Bertz CT molecular complexity index is 297. The van der Waals surface area contributed by atoms with E-state index in [1.807, 2.05) is 26.8 Å². The van der Waals surface area contributed by atoms with Gasteiger partial charge in [0.15, 0.2) is 5.78 Å². The molecule has 14 heavy (non-hydrogen) atoms. The number of allylic oxidation sites excluding steroid dienone is 2. The fraction of sp³-hybridized carbons (Fsp3) is 0.583. The van der Waals surface area contributed by atoms with Crippen molar-refractivity contribution in [2.75, 3.05) is 6.61 Å². The highest BCUT2D eigenvalue weighted by atomic mass is 16.3. The van der Waals surface area contributed by atoms with Gasteiger partial charge in [-0.05, 0) is 30.4 Å². The van der Waals surface area contributed by atoms with Gasteiger partial charge in [0.1, 0.15) is 0 Å². The maximum Gasteiger partial charge on any atom is 0.164 e. The van der Waals surface area contributed by atoms with E-state index >= 15 is 0 Å². The second-order valence-corrected chi connectivity index (χ2v) is 4.54. The van der Waals surface area contributed by atoms with Crippen LogP contribution in [0.2, 0.25) is 0 Å². The summed E-state index contributed by atoms with van der Waals surface area (Å²) < 4.78 is 0. The summed E-state index contributed by atoms with van der Waals surface area (Å²) >= 11 is 0. The molecule has 0 spiro atoms. The monoisotopic (exact) mass is 194 g/mol. The summed E-state index contributed by atoms with van der Waals surface area (Å²) in [6, 6.07) is 0. The molecule has 0 aliphatic heterocycles. The smallest absolute Gasteiger partial charge is 0.164 e. The molecule has 0 aromatic carbocycles. The Hall–Kier alpha value is -0.890. The average molecular weight is 194 g/mol. The van der Waals surface area contributed by atoms with Crippen LogP contribution in [0.5, 0.6) is 0 Å². The number of Topliss-reactive ketones (excluding diaryl/α,β-unsaturated/α-hetero) is 1. The molecule has 0 aromatic heterocycles. The van der Waals surface area contributed by atoms with Crippen molar-refractivity contribution in [2.45, 2.75) is 27.2 Å². The van der Waals surface area contributed by atoms with E-state index in [9.17, 15) is 4.79 Å². The van der Waals surface area contributed by atoms with Gasteiger partial charge >= 0.3 is 0 Å². The van der Waals surface area contributed by atoms with Crippen LogP contribution in [0, 0.1) is 11.3 Å². The van der Waals surface area contributed by atoms with Crippen LogP contribution in [0.15, 0.2) is 23.8 Å². The van der Waals surface area contributed by atoms with Crippen molar-refractivity contribution in [1.29, 1.82) is 0 Å². The van der Waals surface area contributed by atoms with E-state index in [4.69, 9.17) is 5.11 Å². The minimum Gasteiger partial charge on any atom is -0.392 e. The molecule has 1 atom stereocenters. The topological polar surface area (TPSA) is 37.3 Å². The van der Waals surface area contributed by atoms with Gasteiger partial charge in [-0.2, -0.15) is 0 Å². The molecular formula is C12H18O2. The fourth-order valence-electron chi connectivity index (χ4n) is 2.14. The number of hydrogen-bond acceptors (Lipinski definition) is 2. The summed E-state index contributed by atoms with van der Waals surface area (Å²) in [4.78, 5) is 11.9. The van der Waals surface area contributed by atoms with Crippen LogP contribution in [-0.2, 0) is 4.79 Å². The van der Waals surface area contributed by atoms with E-state index in [1.165, 1.54) is 0 Å². The second kappa shape index (κ2) is 3.70. The Morgan fingerprint density at radius 2 is 2.29 bits per heavy atom. The number of rotatable bonds is 2. The Kier molecular flexibility index (Phi) is 2.95. The number of carbonyl (C=O) groups is 1. The highest BCUT2D eigenvalue weighted by Crippen LogP contribution is 2.40. The molecule has 0 fully saturated rings. The van der Waals surface area contributed by atoms with E-state index in [1.54, 1.807) is 0 Å². The Balaban J connectivity index is 3.02. The fourth-order valence-corrected chi connectivity index (χ4v) is 2.14. The highest BCUT2D eigenvalue weighted by Gasteiger charge is 2.40. The quantitative estimate of drug-likeness (QED) is 0.683. The summed E-state index contributed by atoms with van der Waals surface area (Å²) in [6.07, 6.45) is 2.75. The van der Waals surface area contributed by atoms with E-state index < -0.39 is 5.41 Å². The standard InChI is InChI=1S/C12H18O2/c1-8-5-6-10(9(2)7-13)12(3,4)11(8)14/h5,10,13H,2,6-7H2,1,3-4H3/t10-/m0/s1. The van der Waals surface area contributed by atoms with E-state index in [-0.39, 0.29) is 18.3 Å². The van der Waals surface area contributed by atoms with E-state index in [2.05, 4.69) is 6.58 Å². The SMILES string of the molecule is C=C(CO)[C@@H]1CC=C(C)C(=O)C1(C)C. The summed E-state index contributed by atoms with van der Waals surface area (Å²) in [7, 11) is 0. The molecule has 0 saturated heterocycles. The second-order valence-electron chi connectivity index (χ2n) is 4.54. The molecule has 0 saturated carbocycles. The lowest BCUT2D eigenvalue weighted by atomic mass is 9.66. The van der Waals surface area contributed by atoms with Crippen molar-refractivity contribution in [3.05, 3.63) is 23.8 Å². The van der Waals surface area contributed by atoms with Gasteiger partial charge in [0, 0.05) is 5.41 Å². The van der Waals surface area contributed by atoms with Crippen LogP contribution in [-0.4, -0.2) is 17.5 Å². The van der Waals surface area contributed by atoms with E-state index in [0.717, 1.165) is 17.6 Å². The van der Waals surface area contributed by atoms with Gasteiger partial charge in [-0.25, -0.2) is 0 Å². The van der Waals surface area contributed by atoms with Gasteiger partial charge in [-0.3, -0.25) is 4.79 Å². The molecular weight excluding hydrogens is 176 g/mol. The Labute approximate surface area is 85.3 Å². The molecule has 2 nitrogen and oxygen atoms in total. The van der Waals surface area contributed by atoms with Crippen LogP contribution in [0.1, 0.15) is 27.2 Å². The molecule has 1 aliphatic carbocycles. The van der Waals surface area contributed by atoms with Crippen LogP contribution in [0.4, 0.5) is 0 Å². The molecule has 0 amide bonds. The van der Waals surface area contributed by atoms with Crippen molar-refractivity contribution >= 4 is 5.78 Å². The van der Waals surface area contributed by atoms with Gasteiger partial charge in [0.2, 0.25) is 0 Å².